The highest BCUT2D eigenvalue weighted by molar-refractivity contribution is 5.83. The zero-order valence-corrected chi connectivity index (χ0v) is 17.1. The smallest absolute Gasteiger partial charge is 0.265 e. The van der Waals surface area contributed by atoms with Gasteiger partial charge in [-0.15, -0.1) is 0 Å². The maximum absolute atomic E-state index is 13.5. The van der Waals surface area contributed by atoms with E-state index in [4.69, 9.17) is 14.2 Å². The Morgan fingerprint density at radius 2 is 2.04 bits per heavy atom. The van der Waals surface area contributed by atoms with Gasteiger partial charge >= 0.3 is 0 Å². The van der Waals surface area contributed by atoms with Crippen molar-refractivity contribution in [3.05, 3.63) is 39.8 Å². The molecule has 8 nitrogen and oxygen atoms in total. The molecular weight excluding hydrogens is 362 g/mol. The molecule has 1 aromatic heterocycles. The van der Waals surface area contributed by atoms with Crippen LogP contribution < -0.4 is 15.6 Å². The minimum Gasteiger partial charge on any atom is -0.497 e. The summed E-state index contributed by atoms with van der Waals surface area (Å²) in [5.74, 6) is 0.435. The number of hydrogen-bond donors (Lipinski definition) is 1. The normalized spacial score (nSPS) is 24.5. The average Bonchev–Trinajstić information content (AvgIpc) is 2.89. The number of carbonyl (C=O) groups excluding carboxylic acids is 1. The van der Waals surface area contributed by atoms with Gasteiger partial charge in [-0.25, -0.2) is 0 Å². The molecule has 0 spiro atoms. The lowest BCUT2D eigenvalue weighted by Crippen LogP contribution is -2.62. The Morgan fingerprint density at radius 3 is 2.61 bits per heavy atom. The van der Waals surface area contributed by atoms with E-state index in [0.29, 0.717) is 18.0 Å². The highest BCUT2D eigenvalue weighted by Crippen LogP contribution is 2.39. The topological polar surface area (TPSA) is 91.7 Å². The summed E-state index contributed by atoms with van der Waals surface area (Å²) in [5.41, 5.74) is -1.35. The van der Waals surface area contributed by atoms with Gasteiger partial charge in [-0.05, 0) is 18.4 Å². The highest BCUT2D eigenvalue weighted by atomic mass is 16.5. The molecule has 0 aromatic carbocycles. The Balaban J connectivity index is 2.39. The molecule has 2 aliphatic rings. The van der Waals surface area contributed by atoms with Crippen LogP contribution in [-0.2, 0) is 20.0 Å². The van der Waals surface area contributed by atoms with Gasteiger partial charge in [0, 0.05) is 19.1 Å². The lowest BCUT2D eigenvalue weighted by atomic mass is 9.88. The van der Waals surface area contributed by atoms with Crippen molar-refractivity contribution in [3.8, 4) is 5.88 Å². The molecule has 2 aliphatic heterocycles. The van der Waals surface area contributed by atoms with Crippen LogP contribution in [0, 0.1) is 11.8 Å². The summed E-state index contributed by atoms with van der Waals surface area (Å²) < 4.78 is 18.1. The fourth-order valence-corrected chi connectivity index (χ4v) is 3.75. The number of rotatable bonds is 5. The summed E-state index contributed by atoms with van der Waals surface area (Å²) in [5, 5.41) is 2.99. The van der Waals surface area contributed by atoms with Gasteiger partial charge in [-0.1, -0.05) is 27.7 Å². The second kappa shape index (κ2) is 7.43. The van der Waals surface area contributed by atoms with Crippen LogP contribution >= 0.6 is 0 Å². The number of allylic oxidation sites excluding steroid dienone is 1. The zero-order chi connectivity index (χ0) is 20.6. The van der Waals surface area contributed by atoms with Crippen LogP contribution in [0.2, 0.25) is 0 Å². The molecule has 3 heterocycles. The van der Waals surface area contributed by atoms with Gasteiger partial charge in [0.15, 0.2) is 5.82 Å². The Morgan fingerprint density at radius 1 is 1.32 bits per heavy atom. The summed E-state index contributed by atoms with van der Waals surface area (Å²) in [6.07, 6.45) is 5.31. The molecule has 0 aliphatic carbocycles. The van der Waals surface area contributed by atoms with Crippen molar-refractivity contribution in [3.63, 3.8) is 0 Å². The second-order valence-corrected chi connectivity index (χ2v) is 7.43. The summed E-state index contributed by atoms with van der Waals surface area (Å²) >= 11 is 0. The first-order chi connectivity index (χ1) is 13.3. The zero-order valence-electron chi connectivity index (χ0n) is 17.1. The van der Waals surface area contributed by atoms with Gasteiger partial charge in [0.2, 0.25) is 17.5 Å². The summed E-state index contributed by atoms with van der Waals surface area (Å²) in [4.78, 5) is 31.2. The Hall–Kier alpha value is -2.61. The molecule has 1 N–H and O–H groups in total. The van der Waals surface area contributed by atoms with E-state index in [1.807, 2.05) is 27.7 Å². The van der Waals surface area contributed by atoms with E-state index in [0.717, 1.165) is 0 Å². The first-order valence-electron chi connectivity index (χ1n) is 9.43. The molecule has 152 valence electrons. The predicted octanol–water partition coefficient (Wildman–Crippen LogP) is 2.31. The third-order valence-corrected chi connectivity index (χ3v) is 5.50. The number of methoxy groups -OCH3 is 2. The number of nitrogens with one attached hydrogen (secondary N) is 1. The van der Waals surface area contributed by atoms with Crippen LogP contribution in [0.4, 0.5) is 0 Å². The Kier molecular flexibility index (Phi) is 5.34. The fraction of sp³-hybridized carbons (Fsp3) is 0.550. The number of ether oxygens (including phenoxy) is 3. The van der Waals surface area contributed by atoms with Crippen molar-refractivity contribution in [1.29, 1.82) is 0 Å². The molecule has 0 radical (unpaired) electrons. The van der Waals surface area contributed by atoms with E-state index >= 15 is 0 Å². The SMILES string of the molecule is CC[C@H](C)[C@]1(OC)NC(=O)[C@@H](C(C)C)n2c1nc1c(c2=O)C=C(OC)C=CO1. The van der Waals surface area contributed by atoms with Crippen LogP contribution in [0.1, 0.15) is 51.5 Å². The maximum atomic E-state index is 13.5. The molecule has 0 bridgehead atoms. The molecule has 1 aromatic rings. The van der Waals surface area contributed by atoms with Crippen molar-refractivity contribution in [2.45, 2.75) is 45.9 Å². The number of nitrogens with zero attached hydrogens (tertiary/aromatic N) is 2. The minimum absolute atomic E-state index is 0.126. The molecule has 28 heavy (non-hydrogen) atoms. The first-order valence-corrected chi connectivity index (χ1v) is 9.43. The van der Waals surface area contributed by atoms with Gasteiger partial charge < -0.3 is 19.5 Å². The van der Waals surface area contributed by atoms with Crippen molar-refractivity contribution in [2.75, 3.05) is 14.2 Å². The molecule has 0 saturated heterocycles. The summed E-state index contributed by atoms with van der Waals surface area (Å²) in [7, 11) is 3.02. The first kappa shape index (κ1) is 20.1. The van der Waals surface area contributed by atoms with E-state index in [9.17, 15) is 9.59 Å². The summed E-state index contributed by atoms with van der Waals surface area (Å²) in [6, 6.07) is -0.705. The van der Waals surface area contributed by atoms with E-state index in [2.05, 4.69) is 10.3 Å². The van der Waals surface area contributed by atoms with Crippen molar-refractivity contribution in [1.82, 2.24) is 14.9 Å². The monoisotopic (exact) mass is 389 g/mol. The summed E-state index contributed by atoms with van der Waals surface area (Å²) in [6.45, 7) is 7.73. The van der Waals surface area contributed by atoms with Gasteiger partial charge in [-0.3, -0.25) is 14.2 Å². The lowest BCUT2D eigenvalue weighted by Gasteiger charge is -2.45. The van der Waals surface area contributed by atoms with E-state index in [1.165, 1.54) is 25.0 Å². The molecule has 8 heteroatoms. The van der Waals surface area contributed by atoms with Crippen molar-refractivity contribution in [2.24, 2.45) is 11.8 Å². The van der Waals surface area contributed by atoms with Gasteiger partial charge in [-0.2, -0.15) is 4.98 Å². The number of aromatic nitrogens is 2. The number of fused-ring (bicyclic) bond motifs is 2. The Labute approximate surface area is 164 Å². The third-order valence-electron chi connectivity index (χ3n) is 5.50. The number of hydrogen-bond acceptors (Lipinski definition) is 6. The van der Waals surface area contributed by atoms with E-state index in [1.54, 1.807) is 12.2 Å². The molecule has 0 saturated carbocycles. The predicted molar refractivity (Wildman–Crippen MR) is 103 cm³/mol. The second-order valence-electron chi connectivity index (χ2n) is 7.43. The largest absolute Gasteiger partial charge is 0.497 e. The molecule has 0 unspecified atom stereocenters. The standard InChI is InChI=1S/C20H27N3O5/c1-7-12(4)20(27-6)19-21-17-14(10-13(26-5)8-9-28-17)18(25)23(19)15(11(2)3)16(24)22-20/h8-12,15H,7H2,1-6H3,(H,22,24)/t12-,15+,20+/m0/s1. The number of carbonyl (C=O) groups is 1. The quantitative estimate of drug-likeness (QED) is 0.831. The highest BCUT2D eigenvalue weighted by Gasteiger charge is 2.50. The van der Waals surface area contributed by atoms with Crippen LogP contribution in [0.3, 0.4) is 0 Å². The van der Waals surface area contributed by atoms with E-state index in [-0.39, 0.29) is 34.7 Å². The van der Waals surface area contributed by atoms with E-state index < -0.39 is 11.8 Å². The average molecular weight is 389 g/mol. The number of amides is 1. The van der Waals surface area contributed by atoms with Crippen LogP contribution in [-0.4, -0.2) is 29.7 Å². The maximum Gasteiger partial charge on any atom is 0.265 e. The third kappa shape index (κ3) is 2.92. The van der Waals surface area contributed by atoms with Gasteiger partial charge in [0.1, 0.15) is 17.4 Å². The fourth-order valence-electron chi connectivity index (χ4n) is 3.75. The molecule has 1 amide bonds. The Bertz CT molecular complexity index is 902. The molecule has 0 fully saturated rings. The minimum atomic E-state index is -1.22. The van der Waals surface area contributed by atoms with Crippen molar-refractivity contribution < 1.29 is 19.0 Å². The lowest BCUT2D eigenvalue weighted by molar-refractivity contribution is -0.154. The molecule has 3 rings (SSSR count). The van der Waals surface area contributed by atoms with Gasteiger partial charge in [0.25, 0.3) is 5.56 Å². The van der Waals surface area contributed by atoms with Crippen LogP contribution in [0.5, 0.6) is 5.88 Å². The molecule has 3 atom stereocenters. The van der Waals surface area contributed by atoms with Gasteiger partial charge in [0.05, 0.1) is 13.4 Å². The van der Waals surface area contributed by atoms with Crippen LogP contribution in [0.25, 0.3) is 6.08 Å². The van der Waals surface area contributed by atoms with Crippen LogP contribution in [0.15, 0.2) is 22.9 Å². The molecular formula is C20H27N3O5. The van der Waals surface area contributed by atoms with Crippen molar-refractivity contribution >= 4 is 12.0 Å².